The minimum Gasteiger partial charge on any atom is -0.384 e. The van der Waals surface area contributed by atoms with Gasteiger partial charge in [-0.05, 0) is 56.5 Å². The SMILES string of the molecule is CC(C)N1CCC[C@@H]1C(=O)N[C@@H](Cc1ccccc1Cl)C(=O)NCc1ccc(N)nc1. The van der Waals surface area contributed by atoms with E-state index in [1.807, 2.05) is 24.3 Å². The number of likely N-dealkylation sites (tertiary alicyclic amines) is 1. The van der Waals surface area contributed by atoms with Crippen LogP contribution in [0.2, 0.25) is 5.02 Å². The summed E-state index contributed by atoms with van der Waals surface area (Å²) in [5.41, 5.74) is 7.25. The molecule has 166 valence electrons. The third kappa shape index (κ3) is 6.18. The molecule has 8 heteroatoms. The lowest BCUT2D eigenvalue weighted by Gasteiger charge is -2.29. The van der Waals surface area contributed by atoms with Gasteiger partial charge < -0.3 is 16.4 Å². The van der Waals surface area contributed by atoms with Crippen LogP contribution < -0.4 is 16.4 Å². The van der Waals surface area contributed by atoms with Crippen LogP contribution in [0.5, 0.6) is 0 Å². The summed E-state index contributed by atoms with van der Waals surface area (Å²) in [6, 6.07) is 10.2. The molecule has 2 atom stereocenters. The van der Waals surface area contributed by atoms with Crippen molar-refractivity contribution in [1.82, 2.24) is 20.5 Å². The number of aromatic nitrogens is 1. The first-order valence-corrected chi connectivity index (χ1v) is 11.0. The summed E-state index contributed by atoms with van der Waals surface area (Å²) in [6.07, 6.45) is 3.70. The van der Waals surface area contributed by atoms with E-state index < -0.39 is 6.04 Å². The second-order valence-electron chi connectivity index (χ2n) is 8.16. The predicted molar refractivity (Wildman–Crippen MR) is 122 cm³/mol. The van der Waals surface area contributed by atoms with Gasteiger partial charge in [-0.25, -0.2) is 4.98 Å². The molecule has 2 aromatic rings. The number of nitrogen functional groups attached to an aromatic ring is 1. The van der Waals surface area contributed by atoms with Crippen molar-refractivity contribution >= 4 is 29.2 Å². The number of hydrogen-bond acceptors (Lipinski definition) is 5. The van der Waals surface area contributed by atoms with Gasteiger partial charge in [0, 0.05) is 30.2 Å². The molecule has 2 amide bonds. The van der Waals surface area contributed by atoms with Crippen molar-refractivity contribution in [1.29, 1.82) is 0 Å². The number of nitrogens with two attached hydrogens (primary N) is 1. The molecule has 1 aliphatic heterocycles. The highest BCUT2D eigenvalue weighted by atomic mass is 35.5. The van der Waals surface area contributed by atoms with Crippen molar-refractivity contribution in [3.8, 4) is 0 Å². The summed E-state index contributed by atoms with van der Waals surface area (Å²) < 4.78 is 0. The van der Waals surface area contributed by atoms with Gasteiger partial charge in [-0.1, -0.05) is 35.9 Å². The normalized spacial score (nSPS) is 17.5. The quantitative estimate of drug-likeness (QED) is 0.582. The van der Waals surface area contributed by atoms with Crippen molar-refractivity contribution in [2.45, 2.75) is 57.8 Å². The average molecular weight is 444 g/mol. The highest BCUT2D eigenvalue weighted by molar-refractivity contribution is 6.31. The van der Waals surface area contributed by atoms with Crippen molar-refractivity contribution in [2.24, 2.45) is 0 Å². The first-order chi connectivity index (χ1) is 14.8. The van der Waals surface area contributed by atoms with E-state index >= 15 is 0 Å². The number of nitrogens with one attached hydrogen (secondary N) is 2. The molecule has 1 aromatic heterocycles. The first-order valence-electron chi connectivity index (χ1n) is 10.6. The Morgan fingerprint density at radius 2 is 2.03 bits per heavy atom. The monoisotopic (exact) mass is 443 g/mol. The third-order valence-corrected chi connectivity index (χ3v) is 5.96. The van der Waals surface area contributed by atoms with Crippen molar-refractivity contribution in [3.05, 3.63) is 58.7 Å². The smallest absolute Gasteiger partial charge is 0.243 e. The van der Waals surface area contributed by atoms with Crippen LogP contribution in [0.3, 0.4) is 0 Å². The topological polar surface area (TPSA) is 100 Å². The third-order valence-electron chi connectivity index (χ3n) is 5.59. The largest absolute Gasteiger partial charge is 0.384 e. The summed E-state index contributed by atoms with van der Waals surface area (Å²) in [7, 11) is 0. The van der Waals surface area contributed by atoms with Crippen molar-refractivity contribution in [2.75, 3.05) is 12.3 Å². The Labute approximate surface area is 188 Å². The van der Waals surface area contributed by atoms with Crippen LogP contribution in [0.25, 0.3) is 0 Å². The van der Waals surface area contributed by atoms with Crippen LogP contribution in [0, 0.1) is 0 Å². The number of carbonyl (C=O) groups is 2. The number of anilines is 1. The van der Waals surface area contributed by atoms with E-state index in [0.717, 1.165) is 30.5 Å². The number of carbonyl (C=O) groups excluding carboxylic acids is 2. The second kappa shape index (κ2) is 10.6. The summed E-state index contributed by atoms with van der Waals surface area (Å²) >= 11 is 6.32. The molecular weight excluding hydrogens is 414 g/mol. The molecule has 0 bridgehead atoms. The van der Waals surface area contributed by atoms with Gasteiger partial charge in [0.1, 0.15) is 11.9 Å². The molecule has 0 unspecified atom stereocenters. The van der Waals surface area contributed by atoms with E-state index in [1.165, 1.54) is 0 Å². The zero-order valence-corrected chi connectivity index (χ0v) is 18.7. The Hall–Kier alpha value is -2.64. The fourth-order valence-corrected chi connectivity index (χ4v) is 4.12. The standard InChI is InChI=1S/C23H30ClN5O2/c1-15(2)29-11-5-8-20(29)23(31)28-19(12-17-6-3-4-7-18(17)24)22(30)27-14-16-9-10-21(25)26-13-16/h3-4,6-7,9-10,13,15,19-20H,5,8,11-12,14H2,1-2H3,(H2,25,26)(H,27,30)(H,28,31)/t19-,20+/m0/s1. The van der Waals surface area contributed by atoms with Crippen molar-refractivity contribution in [3.63, 3.8) is 0 Å². The molecule has 31 heavy (non-hydrogen) atoms. The highest BCUT2D eigenvalue weighted by Gasteiger charge is 2.34. The number of amides is 2. The minimum absolute atomic E-state index is 0.118. The summed E-state index contributed by atoms with van der Waals surface area (Å²) in [5.74, 6) is 0.0388. The zero-order valence-electron chi connectivity index (χ0n) is 18.0. The fraction of sp³-hybridized carbons (Fsp3) is 0.435. The van der Waals surface area contributed by atoms with E-state index in [0.29, 0.717) is 23.8 Å². The van der Waals surface area contributed by atoms with Crippen LogP contribution in [0.15, 0.2) is 42.6 Å². The Kier molecular flexibility index (Phi) is 7.87. The minimum atomic E-state index is -0.733. The number of nitrogens with zero attached hydrogens (tertiary/aromatic N) is 2. The molecule has 0 radical (unpaired) electrons. The van der Waals surface area contributed by atoms with E-state index in [4.69, 9.17) is 17.3 Å². The maximum Gasteiger partial charge on any atom is 0.243 e. The lowest BCUT2D eigenvalue weighted by Crippen LogP contribution is -2.53. The molecule has 0 spiro atoms. The molecule has 1 aromatic carbocycles. The van der Waals surface area contributed by atoms with Gasteiger partial charge in [0.05, 0.1) is 6.04 Å². The summed E-state index contributed by atoms with van der Waals surface area (Å²) in [4.78, 5) is 32.3. The van der Waals surface area contributed by atoms with Gasteiger partial charge in [0.2, 0.25) is 11.8 Å². The second-order valence-corrected chi connectivity index (χ2v) is 8.56. The molecule has 4 N–H and O–H groups in total. The number of hydrogen-bond donors (Lipinski definition) is 3. The maximum absolute atomic E-state index is 13.1. The Bertz CT molecular complexity index is 903. The van der Waals surface area contributed by atoms with Gasteiger partial charge >= 0.3 is 0 Å². The average Bonchev–Trinajstić information content (AvgIpc) is 3.24. The number of rotatable bonds is 8. The van der Waals surface area contributed by atoms with Gasteiger partial charge in [0.25, 0.3) is 0 Å². The molecule has 3 rings (SSSR count). The maximum atomic E-state index is 13.1. The lowest BCUT2D eigenvalue weighted by molar-refractivity contribution is -0.131. The molecule has 1 aliphatic rings. The molecule has 7 nitrogen and oxygen atoms in total. The molecule has 0 aliphatic carbocycles. The summed E-state index contributed by atoms with van der Waals surface area (Å²) in [5, 5.41) is 6.45. The Morgan fingerprint density at radius 1 is 1.26 bits per heavy atom. The van der Waals surface area contributed by atoms with Crippen molar-refractivity contribution < 1.29 is 9.59 Å². The zero-order chi connectivity index (χ0) is 22.4. The fourth-order valence-electron chi connectivity index (χ4n) is 3.90. The predicted octanol–water partition coefficient (Wildman–Crippen LogP) is 2.53. The van der Waals surface area contributed by atoms with Gasteiger partial charge in [-0.3, -0.25) is 14.5 Å². The molecule has 1 fully saturated rings. The number of benzene rings is 1. The molecular formula is C23H30ClN5O2. The number of pyridine rings is 1. The van der Waals surface area contributed by atoms with Crippen LogP contribution in [-0.2, 0) is 22.6 Å². The lowest BCUT2D eigenvalue weighted by atomic mass is 10.0. The van der Waals surface area contributed by atoms with E-state index in [-0.39, 0.29) is 23.9 Å². The first kappa shape index (κ1) is 23.0. The molecule has 1 saturated heterocycles. The Morgan fingerprint density at radius 3 is 2.71 bits per heavy atom. The van der Waals surface area contributed by atoms with Crippen LogP contribution in [0.4, 0.5) is 5.82 Å². The number of halogens is 1. The van der Waals surface area contributed by atoms with Crippen LogP contribution in [0.1, 0.15) is 37.8 Å². The van der Waals surface area contributed by atoms with Gasteiger partial charge in [-0.2, -0.15) is 0 Å². The van der Waals surface area contributed by atoms with E-state index in [1.54, 1.807) is 18.3 Å². The van der Waals surface area contributed by atoms with E-state index in [2.05, 4.69) is 34.4 Å². The van der Waals surface area contributed by atoms with Crippen LogP contribution >= 0.6 is 11.6 Å². The highest BCUT2D eigenvalue weighted by Crippen LogP contribution is 2.21. The summed E-state index contributed by atoms with van der Waals surface area (Å²) in [6.45, 7) is 5.35. The van der Waals surface area contributed by atoms with E-state index in [9.17, 15) is 9.59 Å². The van der Waals surface area contributed by atoms with Gasteiger partial charge in [0.15, 0.2) is 0 Å². The molecule has 2 heterocycles. The van der Waals surface area contributed by atoms with Gasteiger partial charge in [-0.15, -0.1) is 0 Å². The Balaban J connectivity index is 1.72. The molecule has 0 saturated carbocycles. The van der Waals surface area contributed by atoms with Crippen LogP contribution in [-0.4, -0.2) is 46.4 Å².